The van der Waals surface area contributed by atoms with Crippen molar-refractivity contribution in [1.29, 1.82) is 0 Å². The highest BCUT2D eigenvalue weighted by Crippen LogP contribution is 2.23. The minimum absolute atomic E-state index is 0.0646. The molecular weight excluding hydrogens is 307 g/mol. The van der Waals surface area contributed by atoms with Crippen molar-refractivity contribution in [2.45, 2.75) is 6.54 Å². The summed E-state index contributed by atoms with van der Waals surface area (Å²) >= 11 is 11.9. The molecule has 110 valence electrons. The average molecular weight is 323 g/mol. The van der Waals surface area contributed by atoms with Crippen LogP contribution in [0.4, 0.5) is 5.69 Å². The zero-order chi connectivity index (χ0) is 15.4. The van der Waals surface area contributed by atoms with E-state index in [0.717, 1.165) is 11.3 Å². The van der Waals surface area contributed by atoms with Crippen molar-refractivity contribution in [3.05, 3.63) is 63.6 Å². The normalized spacial score (nSPS) is 10.3. The van der Waals surface area contributed by atoms with Crippen LogP contribution in [-0.4, -0.2) is 24.9 Å². The maximum atomic E-state index is 12.2. The Morgan fingerprint density at radius 2 is 1.67 bits per heavy atom. The van der Waals surface area contributed by atoms with Crippen LogP contribution in [-0.2, 0) is 6.54 Å². The summed E-state index contributed by atoms with van der Waals surface area (Å²) in [6, 6.07) is 12.8. The average Bonchev–Trinajstić information content (AvgIpc) is 2.46. The van der Waals surface area contributed by atoms with Crippen LogP contribution in [0.3, 0.4) is 0 Å². The van der Waals surface area contributed by atoms with Crippen molar-refractivity contribution in [2.24, 2.45) is 0 Å². The third kappa shape index (κ3) is 4.13. The third-order valence-corrected chi connectivity index (χ3v) is 3.50. The van der Waals surface area contributed by atoms with Gasteiger partial charge in [-0.1, -0.05) is 35.3 Å². The van der Waals surface area contributed by atoms with Crippen molar-refractivity contribution < 1.29 is 4.79 Å². The van der Waals surface area contributed by atoms with E-state index >= 15 is 0 Å². The van der Waals surface area contributed by atoms with E-state index < -0.39 is 0 Å². The van der Waals surface area contributed by atoms with E-state index in [9.17, 15) is 4.79 Å². The van der Waals surface area contributed by atoms with E-state index in [0.29, 0.717) is 22.2 Å². The van der Waals surface area contributed by atoms with Crippen molar-refractivity contribution in [3.63, 3.8) is 0 Å². The second kappa shape index (κ2) is 6.83. The van der Waals surface area contributed by atoms with Crippen molar-refractivity contribution >= 4 is 34.8 Å². The SMILES string of the molecule is CN(C)C(=O)c1ccc(Cl)cc1NCc1ccc(Cl)cc1. The van der Waals surface area contributed by atoms with Gasteiger partial charge in [0, 0.05) is 36.4 Å². The molecule has 0 saturated carbocycles. The zero-order valence-electron chi connectivity index (χ0n) is 11.9. The van der Waals surface area contributed by atoms with Crippen LogP contribution in [0.5, 0.6) is 0 Å². The van der Waals surface area contributed by atoms with Gasteiger partial charge in [0.15, 0.2) is 0 Å². The lowest BCUT2D eigenvalue weighted by Crippen LogP contribution is -2.23. The van der Waals surface area contributed by atoms with Gasteiger partial charge in [-0.15, -0.1) is 0 Å². The lowest BCUT2D eigenvalue weighted by Gasteiger charge is -2.16. The molecule has 3 nitrogen and oxygen atoms in total. The lowest BCUT2D eigenvalue weighted by atomic mass is 10.1. The first-order chi connectivity index (χ1) is 9.97. The Labute approximate surface area is 134 Å². The molecule has 0 heterocycles. The molecule has 0 aliphatic rings. The predicted octanol–water partition coefficient (Wildman–Crippen LogP) is 4.31. The molecule has 2 aromatic carbocycles. The molecule has 0 atom stereocenters. The molecular formula is C16H16Cl2N2O. The molecule has 5 heteroatoms. The molecule has 0 bridgehead atoms. The number of carbonyl (C=O) groups excluding carboxylic acids is 1. The lowest BCUT2D eigenvalue weighted by molar-refractivity contribution is 0.0828. The number of rotatable bonds is 4. The van der Waals surface area contributed by atoms with E-state index in [-0.39, 0.29) is 5.91 Å². The summed E-state index contributed by atoms with van der Waals surface area (Å²) in [6.45, 7) is 0.589. The van der Waals surface area contributed by atoms with Gasteiger partial charge in [0.2, 0.25) is 0 Å². The number of nitrogens with zero attached hydrogens (tertiary/aromatic N) is 1. The summed E-state index contributed by atoms with van der Waals surface area (Å²) in [6.07, 6.45) is 0. The summed E-state index contributed by atoms with van der Waals surface area (Å²) < 4.78 is 0. The Balaban J connectivity index is 2.20. The monoisotopic (exact) mass is 322 g/mol. The predicted molar refractivity (Wildman–Crippen MR) is 88.2 cm³/mol. The van der Waals surface area contributed by atoms with Crippen LogP contribution < -0.4 is 5.32 Å². The molecule has 0 unspecified atom stereocenters. The smallest absolute Gasteiger partial charge is 0.255 e. The number of benzene rings is 2. The number of anilines is 1. The molecule has 1 amide bonds. The fourth-order valence-electron chi connectivity index (χ4n) is 1.89. The molecule has 0 aliphatic carbocycles. The highest BCUT2D eigenvalue weighted by molar-refractivity contribution is 6.31. The molecule has 1 N–H and O–H groups in total. The number of nitrogens with one attached hydrogen (secondary N) is 1. The molecule has 2 rings (SSSR count). The number of amides is 1. The molecule has 21 heavy (non-hydrogen) atoms. The maximum Gasteiger partial charge on any atom is 0.255 e. The Hall–Kier alpha value is -1.71. The fourth-order valence-corrected chi connectivity index (χ4v) is 2.19. The Bertz CT molecular complexity index is 639. The molecule has 0 spiro atoms. The molecule has 0 saturated heterocycles. The molecule has 0 aromatic heterocycles. The van der Waals surface area contributed by atoms with Crippen LogP contribution in [0, 0.1) is 0 Å². The van der Waals surface area contributed by atoms with E-state index in [1.54, 1.807) is 32.3 Å². The van der Waals surface area contributed by atoms with Crippen LogP contribution in [0.15, 0.2) is 42.5 Å². The topological polar surface area (TPSA) is 32.3 Å². The van der Waals surface area contributed by atoms with Gasteiger partial charge in [0.1, 0.15) is 0 Å². The van der Waals surface area contributed by atoms with Gasteiger partial charge < -0.3 is 10.2 Å². The standard InChI is InChI=1S/C16H16Cl2N2O/c1-20(2)16(21)14-8-7-13(18)9-15(14)19-10-11-3-5-12(17)6-4-11/h3-9,19H,10H2,1-2H3. The zero-order valence-corrected chi connectivity index (χ0v) is 13.4. The van der Waals surface area contributed by atoms with E-state index in [2.05, 4.69) is 5.32 Å². The van der Waals surface area contributed by atoms with E-state index in [1.165, 1.54) is 4.90 Å². The number of carbonyl (C=O) groups is 1. The first-order valence-corrected chi connectivity index (χ1v) is 7.22. The number of hydrogen-bond donors (Lipinski definition) is 1. The fraction of sp³-hybridized carbons (Fsp3) is 0.188. The summed E-state index contributed by atoms with van der Waals surface area (Å²) in [5, 5.41) is 4.54. The number of hydrogen-bond acceptors (Lipinski definition) is 2. The van der Waals surface area contributed by atoms with Gasteiger partial charge in [-0.3, -0.25) is 4.79 Å². The second-order valence-corrected chi connectivity index (χ2v) is 5.74. The molecule has 0 fully saturated rings. The van der Waals surface area contributed by atoms with Gasteiger partial charge >= 0.3 is 0 Å². The van der Waals surface area contributed by atoms with Gasteiger partial charge in [-0.25, -0.2) is 0 Å². The van der Waals surface area contributed by atoms with Gasteiger partial charge in [-0.2, -0.15) is 0 Å². The highest BCUT2D eigenvalue weighted by Gasteiger charge is 2.13. The Morgan fingerprint density at radius 3 is 2.29 bits per heavy atom. The molecule has 0 aliphatic heterocycles. The van der Waals surface area contributed by atoms with Crippen LogP contribution >= 0.6 is 23.2 Å². The maximum absolute atomic E-state index is 12.2. The van der Waals surface area contributed by atoms with Gasteiger partial charge in [-0.05, 0) is 35.9 Å². The minimum Gasteiger partial charge on any atom is -0.380 e. The van der Waals surface area contributed by atoms with Crippen LogP contribution in [0.2, 0.25) is 10.0 Å². The third-order valence-electron chi connectivity index (χ3n) is 3.01. The second-order valence-electron chi connectivity index (χ2n) is 4.87. The molecule has 0 radical (unpaired) electrons. The summed E-state index contributed by atoms with van der Waals surface area (Å²) in [5.41, 5.74) is 2.39. The first kappa shape index (κ1) is 15.7. The van der Waals surface area contributed by atoms with Gasteiger partial charge in [0.25, 0.3) is 5.91 Å². The molecule has 2 aromatic rings. The first-order valence-electron chi connectivity index (χ1n) is 6.47. The van der Waals surface area contributed by atoms with Crippen molar-refractivity contribution in [1.82, 2.24) is 4.90 Å². The van der Waals surface area contributed by atoms with Crippen molar-refractivity contribution in [3.8, 4) is 0 Å². The van der Waals surface area contributed by atoms with E-state index in [4.69, 9.17) is 23.2 Å². The van der Waals surface area contributed by atoms with Crippen LogP contribution in [0.25, 0.3) is 0 Å². The van der Waals surface area contributed by atoms with Gasteiger partial charge in [0.05, 0.1) is 5.56 Å². The number of halogens is 2. The highest BCUT2D eigenvalue weighted by atomic mass is 35.5. The summed E-state index contributed by atoms with van der Waals surface area (Å²) in [4.78, 5) is 13.7. The van der Waals surface area contributed by atoms with Crippen molar-refractivity contribution in [2.75, 3.05) is 19.4 Å². The Morgan fingerprint density at radius 1 is 1.05 bits per heavy atom. The largest absolute Gasteiger partial charge is 0.380 e. The van der Waals surface area contributed by atoms with Crippen LogP contribution in [0.1, 0.15) is 15.9 Å². The quantitative estimate of drug-likeness (QED) is 0.909. The summed E-state index contributed by atoms with van der Waals surface area (Å²) in [7, 11) is 3.44. The summed E-state index contributed by atoms with van der Waals surface area (Å²) in [5.74, 6) is -0.0646. The van der Waals surface area contributed by atoms with E-state index in [1.807, 2.05) is 24.3 Å². The minimum atomic E-state index is -0.0646. The Kier molecular flexibility index (Phi) is 5.10.